The molecule has 1 aliphatic rings. The Labute approximate surface area is 145 Å². The summed E-state index contributed by atoms with van der Waals surface area (Å²) in [5.74, 6) is 0.877. The minimum atomic E-state index is -0.286. The van der Waals surface area contributed by atoms with Crippen LogP contribution >= 0.6 is 0 Å². The number of hydrogen-bond donors (Lipinski definition) is 2. The van der Waals surface area contributed by atoms with Crippen molar-refractivity contribution in [1.82, 2.24) is 25.5 Å². The highest BCUT2D eigenvalue weighted by Gasteiger charge is 2.29. The Kier molecular flexibility index (Phi) is 4.97. The summed E-state index contributed by atoms with van der Waals surface area (Å²) in [4.78, 5) is 12.1. The standard InChI is InChI=1S/C17H21N5O3/c1-3-25-15-10-12(4-8-14(15)23)5-9-16(24)18-11(2)17-19-20-21-22(17)13-6-7-13/h4-5,8-11,13,23H,3,6-7H2,1-2H3,(H,18,24)/b9-5+. The lowest BCUT2D eigenvalue weighted by Crippen LogP contribution is -2.27. The van der Waals surface area contributed by atoms with E-state index in [1.54, 1.807) is 22.9 Å². The number of hydrogen-bond acceptors (Lipinski definition) is 6. The van der Waals surface area contributed by atoms with Gasteiger partial charge in [-0.3, -0.25) is 4.79 Å². The molecule has 1 atom stereocenters. The molecule has 1 saturated carbocycles. The van der Waals surface area contributed by atoms with Crippen LogP contribution in [-0.2, 0) is 4.79 Å². The minimum absolute atomic E-state index is 0.0731. The van der Waals surface area contributed by atoms with Gasteiger partial charge in [-0.25, -0.2) is 4.68 Å². The number of rotatable bonds is 7. The normalized spacial score (nSPS) is 15.3. The molecule has 2 aromatic rings. The first-order valence-corrected chi connectivity index (χ1v) is 8.30. The number of tetrazole rings is 1. The fourth-order valence-corrected chi connectivity index (χ4v) is 2.47. The molecule has 0 saturated heterocycles. The summed E-state index contributed by atoms with van der Waals surface area (Å²) >= 11 is 0. The van der Waals surface area contributed by atoms with E-state index in [2.05, 4.69) is 20.8 Å². The van der Waals surface area contributed by atoms with Crippen molar-refractivity contribution in [1.29, 1.82) is 0 Å². The molecule has 132 valence electrons. The SMILES string of the molecule is CCOc1cc(/C=C/C(=O)NC(C)c2nnnn2C2CC2)ccc1O. The molecule has 1 heterocycles. The highest BCUT2D eigenvalue weighted by atomic mass is 16.5. The molecule has 0 radical (unpaired) electrons. The Morgan fingerprint density at radius 1 is 1.52 bits per heavy atom. The van der Waals surface area contributed by atoms with Gasteiger partial charge >= 0.3 is 0 Å². The lowest BCUT2D eigenvalue weighted by molar-refractivity contribution is -0.117. The molecule has 1 amide bonds. The molecular weight excluding hydrogens is 322 g/mol. The molecule has 0 aliphatic heterocycles. The van der Waals surface area contributed by atoms with Crippen LogP contribution in [0.2, 0.25) is 0 Å². The van der Waals surface area contributed by atoms with Gasteiger partial charge in [-0.15, -0.1) is 5.10 Å². The highest BCUT2D eigenvalue weighted by Crippen LogP contribution is 2.35. The molecule has 1 aliphatic carbocycles. The Balaban J connectivity index is 1.62. The van der Waals surface area contributed by atoms with Gasteiger partial charge in [0, 0.05) is 6.08 Å². The number of amides is 1. The fourth-order valence-electron chi connectivity index (χ4n) is 2.47. The van der Waals surface area contributed by atoms with Crippen molar-refractivity contribution in [2.45, 2.75) is 38.8 Å². The van der Waals surface area contributed by atoms with Crippen LogP contribution < -0.4 is 10.1 Å². The van der Waals surface area contributed by atoms with Crippen LogP contribution in [0.25, 0.3) is 6.08 Å². The largest absolute Gasteiger partial charge is 0.504 e. The molecule has 3 rings (SSSR count). The molecule has 0 bridgehead atoms. The van der Waals surface area contributed by atoms with Crippen LogP contribution in [0.4, 0.5) is 0 Å². The van der Waals surface area contributed by atoms with Crippen LogP contribution in [0.3, 0.4) is 0 Å². The smallest absolute Gasteiger partial charge is 0.244 e. The van der Waals surface area contributed by atoms with Crippen molar-refractivity contribution in [3.63, 3.8) is 0 Å². The van der Waals surface area contributed by atoms with Crippen LogP contribution in [0.5, 0.6) is 11.5 Å². The van der Waals surface area contributed by atoms with E-state index in [1.165, 1.54) is 12.1 Å². The van der Waals surface area contributed by atoms with Crippen molar-refractivity contribution in [2.24, 2.45) is 0 Å². The molecule has 25 heavy (non-hydrogen) atoms. The summed E-state index contributed by atoms with van der Waals surface area (Å²) < 4.78 is 7.11. The van der Waals surface area contributed by atoms with Crippen LogP contribution in [0, 0.1) is 0 Å². The lowest BCUT2D eigenvalue weighted by Gasteiger charge is -2.12. The summed E-state index contributed by atoms with van der Waals surface area (Å²) in [6.45, 7) is 4.14. The maximum absolute atomic E-state index is 12.1. The fraction of sp³-hybridized carbons (Fsp3) is 0.412. The minimum Gasteiger partial charge on any atom is -0.504 e. The summed E-state index contributed by atoms with van der Waals surface area (Å²) in [7, 11) is 0. The second kappa shape index (κ2) is 7.33. The number of aromatic nitrogens is 4. The van der Waals surface area contributed by atoms with E-state index in [0.29, 0.717) is 24.2 Å². The number of ether oxygens (including phenoxy) is 1. The van der Waals surface area contributed by atoms with Gasteiger partial charge in [0.05, 0.1) is 18.7 Å². The first kappa shape index (κ1) is 16.9. The van der Waals surface area contributed by atoms with E-state index in [-0.39, 0.29) is 17.7 Å². The molecule has 1 aromatic heterocycles. The van der Waals surface area contributed by atoms with Crippen molar-refractivity contribution in [2.75, 3.05) is 6.61 Å². The number of carbonyl (C=O) groups is 1. The quantitative estimate of drug-likeness (QED) is 0.746. The number of benzene rings is 1. The third-order valence-corrected chi connectivity index (χ3v) is 3.87. The van der Waals surface area contributed by atoms with E-state index in [0.717, 1.165) is 18.4 Å². The Morgan fingerprint density at radius 2 is 2.32 bits per heavy atom. The molecule has 0 spiro atoms. The number of phenolic OH excluding ortho intramolecular Hbond substituents is 1. The first-order chi connectivity index (χ1) is 12.1. The maximum Gasteiger partial charge on any atom is 0.244 e. The van der Waals surface area contributed by atoms with Crippen LogP contribution in [0.1, 0.15) is 50.2 Å². The monoisotopic (exact) mass is 343 g/mol. The Bertz CT molecular complexity index is 782. The Hall–Kier alpha value is -2.90. The molecule has 2 N–H and O–H groups in total. The number of nitrogens with one attached hydrogen (secondary N) is 1. The van der Waals surface area contributed by atoms with Crippen molar-refractivity contribution in [3.8, 4) is 11.5 Å². The third-order valence-electron chi connectivity index (χ3n) is 3.87. The molecule has 1 aromatic carbocycles. The predicted molar refractivity (Wildman–Crippen MR) is 91.0 cm³/mol. The molecule has 1 fully saturated rings. The molecule has 1 unspecified atom stereocenters. The summed E-state index contributed by atoms with van der Waals surface area (Å²) in [6, 6.07) is 4.99. The molecule has 8 heteroatoms. The van der Waals surface area contributed by atoms with Crippen LogP contribution in [0.15, 0.2) is 24.3 Å². The summed E-state index contributed by atoms with van der Waals surface area (Å²) in [5.41, 5.74) is 0.756. The van der Waals surface area contributed by atoms with Gasteiger partial charge in [0.15, 0.2) is 17.3 Å². The second-order valence-corrected chi connectivity index (χ2v) is 5.94. The summed E-state index contributed by atoms with van der Waals surface area (Å²) in [5, 5.41) is 24.2. The zero-order valence-corrected chi connectivity index (χ0v) is 14.2. The van der Waals surface area contributed by atoms with Gasteiger partial charge in [-0.2, -0.15) is 0 Å². The maximum atomic E-state index is 12.1. The van der Waals surface area contributed by atoms with Crippen molar-refractivity contribution in [3.05, 3.63) is 35.7 Å². The van der Waals surface area contributed by atoms with Crippen molar-refractivity contribution < 1.29 is 14.6 Å². The van der Waals surface area contributed by atoms with Gasteiger partial charge in [0.25, 0.3) is 0 Å². The predicted octanol–water partition coefficient (Wildman–Crippen LogP) is 2.00. The number of carbonyl (C=O) groups excluding carboxylic acids is 1. The van der Waals surface area contributed by atoms with Gasteiger partial charge in [-0.1, -0.05) is 6.07 Å². The topological polar surface area (TPSA) is 102 Å². The second-order valence-electron chi connectivity index (χ2n) is 5.94. The van der Waals surface area contributed by atoms with Gasteiger partial charge in [0.1, 0.15) is 0 Å². The molecular formula is C17H21N5O3. The zero-order chi connectivity index (χ0) is 17.8. The average molecular weight is 343 g/mol. The Morgan fingerprint density at radius 3 is 3.04 bits per heavy atom. The average Bonchev–Trinajstić information content (AvgIpc) is 3.32. The number of aromatic hydroxyl groups is 1. The van der Waals surface area contributed by atoms with Crippen molar-refractivity contribution >= 4 is 12.0 Å². The first-order valence-electron chi connectivity index (χ1n) is 8.30. The highest BCUT2D eigenvalue weighted by molar-refractivity contribution is 5.92. The van der Waals surface area contributed by atoms with Gasteiger partial charge in [0.2, 0.25) is 5.91 Å². The molecule has 8 nitrogen and oxygen atoms in total. The van der Waals surface area contributed by atoms with E-state index >= 15 is 0 Å². The van der Waals surface area contributed by atoms with E-state index in [9.17, 15) is 9.90 Å². The zero-order valence-electron chi connectivity index (χ0n) is 14.2. The summed E-state index contributed by atoms with van der Waals surface area (Å²) in [6.07, 6.45) is 5.24. The van der Waals surface area contributed by atoms with Gasteiger partial charge in [-0.05, 0) is 60.9 Å². The number of nitrogens with zero attached hydrogens (tertiary/aromatic N) is 4. The van der Waals surface area contributed by atoms with E-state index in [4.69, 9.17) is 4.74 Å². The lowest BCUT2D eigenvalue weighted by atomic mass is 10.2. The number of phenols is 1. The van der Waals surface area contributed by atoms with E-state index in [1.807, 2.05) is 13.8 Å². The third kappa shape index (κ3) is 4.14. The van der Waals surface area contributed by atoms with E-state index < -0.39 is 0 Å². The van der Waals surface area contributed by atoms with Gasteiger partial charge < -0.3 is 15.2 Å². The van der Waals surface area contributed by atoms with Crippen LogP contribution in [-0.4, -0.2) is 37.8 Å².